The molecule has 0 amide bonds. The molecule has 1 aromatic rings. The van der Waals surface area contributed by atoms with Gasteiger partial charge in [0, 0.05) is 32.2 Å². The van der Waals surface area contributed by atoms with E-state index < -0.39 is 0 Å². The number of carbonyl (C=O) groups excluding carboxylic acids is 1. The van der Waals surface area contributed by atoms with Crippen molar-refractivity contribution in [3.63, 3.8) is 0 Å². The maximum Gasteiger partial charge on any atom is 0.179 e. The molecule has 2 aliphatic rings. The summed E-state index contributed by atoms with van der Waals surface area (Å²) in [6.45, 7) is 5.22. The topological polar surface area (TPSA) is 53.3 Å². The smallest absolute Gasteiger partial charge is 0.179 e. The Balaban J connectivity index is 2.10. The molecule has 3 rings (SSSR count). The maximum atomic E-state index is 15.1. The molecule has 4 nitrogen and oxygen atoms in total. The molecule has 0 unspecified atom stereocenters. The van der Waals surface area contributed by atoms with Gasteiger partial charge in [-0.3, -0.25) is 4.79 Å². The van der Waals surface area contributed by atoms with Crippen molar-refractivity contribution >= 4 is 11.5 Å². The van der Waals surface area contributed by atoms with E-state index in [2.05, 4.69) is 6.92 Å². The third-order valence-corrected chi connectivity index (χ3v) is 5.53. The number of rotatable bonds is 3. The fourth-order valence-electron chi connectivity index (χ4n) is 3.69. The molecule has 1 saturated heterocycles. The van der Waals surface area contributed by atoms with Crippen molar-refractivity contribution in [1.29, 1.82) is 5.26 Å². The third-order valence-electron chi connectivity index (χ3n) is 5.53. The number of ether oxygens (including phenoxy) is 1. The zero-order valence-corrected chi connectivity index (χ0v) is 15.0. The van der Waals surface area contributed by atoms with Crippen LogP contribution in [0, 0.1) is 17.1 Å². The molecule has 25 heavy (non-hydrogen) atoms. The van der Waals surface area contributed by atoms with Gasteiger partial charge < -0.3 is 9.64 Å². The second kappa shape index (κ2) is 6.61. The van der Waals surface area contributed by atoms with E-state index >= 15 is 4.39 Å². The van der Waals surface area contributed by atoms with Crippen LogP contribution in [-0.4, -0.2) is 36.5 Å². The highest BCUT2D eigenvalue weighted by Gasteiger charge is 2.36. The molecule has 0 saturated carbocycles. The number of Topliss-reactive ketones (excluding diaryl/α,β-unsaturated/α-hetero) is 1. The monoisotopic (exact) mass is 342 g/mol. The van der Waals surface area contributed by atoms with E-state index in [0.29, 0.717) is 41.9 Å². The summed E-state index contributed by atoms with van der Waals surface area (Å²) in [4.78, 5) is 14.4. The maximum absolute atomic E-state index is 15.1. The normalized spacial score (nSPS) is 19.6. The van der Waals surface area contributed by atoms with Gasteiger partial charge in [0.05, 0.1) is 11.3 Å². The summed E-state index contributed by atoms with van der Waals surface area (Å²) in [5.41, 5.74) is 2.07. The van der Waals surface area contributed by atoms with Crippen molar-refractivity contribution in [2.24, 2.45) is 0 Å². The third kappa shape index (κ3) is 2.96. The Bertz CT molecular complexity index is 784. The quantitative estimate of drug-likeness (QED) is 0.846. The number of methoxy groups -OCH3 is 1. The first-order valence-electron chi connectivity index (χ1n) is 8.72. The second-order valence-electron chi connectivity index (χ2n) is 7.00. The number of aryl methyl sites for hydroxylation is 1. The molecule has 1 aliphatic heterocycles. The van der Waals surface area contributed by atoms with Gasteiger partial charge in [-0.2, -0.15) is 5.26 Å². The molecule has 0 spiro atoms. The van der Waals surface area contributed by atoms with Crippen molar-refractivity contribution in [2.45, 2.75) is 45.1 Å². The molecule has 0 bridgehead atoms. The van der Waals surface area contributed by atoms with Crippen LogP contribution in [0.5, 0.6) is 0 Å². The van der Waals surface area contributed by atoms with Crippen molar-refractivity contribution in [2.75, 3.05) is 20.2 Å². The number of ketones is 1. The molecular formula is C20H23FN2O2. The first kappa shape index (κ1) is 17.6. The van der Waals surface area contributed by atoms with Crippen LogP contribution in [0.4, 0.5) is 4.39 Å². The fraction of sp³-hybridized carbons (Fsp3) is 0.500. The molecular weight excluding hydrogens is 319 g/mol. The van der Waals surface area contributed by atoms with E-state index in [0.717, 1.165) is 12.8 Å². The number of hydrogen-bond donors (Lipinski definition) is 0. The Labute approximate surface area is 147 Å². The van der Waals surface area contributed by atoms with Crippen molar-refractivity contribution in [3.05, 3.63) is 40.2 Å². The van der Waals surface area contributed by atoms with Gasteiger partial charge in [0.25, 0.3) is 0 Å². The number of nitrogens with zero attached hydrogens (tertiary/aromatic N) is 2. The van der Waals surface area contributed by atoms with E-state index in [1.54, 1.807) is 13.2 Å². The van der Waals surface area contributed by atoms with Crippen LogP contribution in [0.15, 0.2) is 17.7 Å². The molecule has 0 N–H and O–H groups in total. The summed E-state index contributed by atoms with van der Waals surface area (Å²) in [6, 6.07) is 5.60. The lowest BCUT2D eigenvalue weighted by molar-refractivity contribution is -0.114. The first-order valence-corrected chi connectivity index (χ1v) is 8.72. The number of benzene rings is 1. The summed E-state index contributed by atoms with van der Waals surface area (Å²) in [7, 11) is 1.70. The van der Waals surface area contributed by atoms with E-state index in [1.165, 1.54) is 0 Å². The standard InChI is InChI=1S/C20H23FN2O2/c1-4-13-5-6-14-11-16(24)15(12-22)19(17(14)18(13)21)23-9-7-20(2,25-3)8-10-23/h5-6H,4,7-11H2,1-3H3. The van der Waals surface area contributed by atoms with Gasteiger partial charge in [-0.15, -0.1) is 0 Å². The van der Waals surface area contributed by atoms with Gasteiger partial charge in [-0.25, -0.2) is 4.39 Å². The molecule has 1 aliphatic carbocycles. The lowest BCUT2D eigenvalue weighted by Gasteiger charge is -2.41. The van der Waals surface area contributed by atoms with Crippen molar-refractivity contribution < 1.29 is 13.9 Å². The van der Waals surface area contributed by atoms with Crippen LogP contribution in [0.2, 0.25) is 0 Å². The molecule has 0 radical (unpaired) electrons. The van der Waals surface area contributed by atoms with E-state index in [1.807, 2.05) is 24.0 Å². The van der Waals surface area contributed by atoms with Gasteiger partial charge >= 0.3 is 0 Å². The minimum absolute atomic E-state index is 0.0840. The zero-order valence-electron chi connectivity index (χ0n) is 15.0. The van der Waals surface area contributed by atoms with Crippen LogP contribution in [0.25, 0.3) is 5.70 Å². The van der Waals surface area contributed by atoms with E-state index in [9.17, 15) is 10.1 Å². The lowest BCUT2D eigenvalue weighted by atomic mass is 9.84. The van der Waals surface area contributed by atoms with E-state index in [-0.39, 0.29) is 29.2 Å². The fourth-order valence-corrected chi connectivity index (χ4v) is 3.69. The van der Waals surface area contributed by atoms with Crippen LogP contribution in [0.3, 0.4) is 0 Å². The number of piperidine rings is 1. The Morgan fingerprint density at radius 2 is 2.04 bits per heavy atom. The molecule has 0 atom stereocenters. The number of likely N-dealkylation sites (tertiary alicyclic amines) is 1. The van der Waals surface area contributed by atoms with Gasteiger partial charge in [0.15, 0.2) is 5.78 Å². The minimum Gasteiger partial charge on any atom is -0.378 e. The van der Waals surface area contributed by atoms with E-state index in [4.69, 9.17) is 4.74 Å². The molecule has 0 aromatic heterocycles. The SMILES string of the molecule is CCc1ccc2c(c1F)C(N1CCC(C)(OC)CC1)=C(C#N)C(=O)C2. The van der Waals surface area contributed by atoms with Crippen LogP contribution >= 0.6 is 0 Å². The highest BCUT2D eigenvalue weighted by molar-refractivity contribution is 6.10. The predicted octanol–water partition coefficient (Wildman–Crippen LogP) is 3.25. The van der Waals surface area contributed by atoms with Crippen LogP contribution in [0.1, 0.15) is 43.4 Å². The average molecular weight is 342 g/mol. The Morgan fingerprint density at radius 1 is 1.36 bits per heavy atom. The number of fused-ring (bicyclic) bond motifs is 1. The molecule has 5 heteroatoms. The number of allylic oxidation sites excluding steroid dienone is 1. The minimum atomic E-state index is -0.296. The van der Waals surface area contributed by atoms with Gasteiger partial charge in [-0.1, -0.05) is 19.1 Å². The molecule has 132 valence electrons. The average Bonchev–Trinajstić information content (AvgIpc) is 2.62. The summed E-state index contributed by atoms with van der Waals surface area (Å²) in [5.74, 6) is -0.524. The van der Waals surface area contributed by atoms with Gasteiger partial charge in [0.2, 0.25) is 0 Å². The highest BCUT2D eigenvalue weighted by Crippen LogP contribution is 2.38. The summed E-state index contributed by atoms with van der Waals surface area (Å²) in [5, 5.41) is 9.55. The van der Waals surface area contributed by atoms with Gasteiger partial charge in [0.1, 0.15) is 17.5 Å². The summed E-state index contributed by atoms with van der Waals surface area (Å²) >= 11 is 0. The summed E-state index contributed by atoms with van der Waals surface area (Å²) < 4.78 is 20.7. The highest BCUT2D eigenvalue weighted by atomic mass is 19.1. The zero-order chi connectivity index (χ0) is 18.2. The van der Waals surface area contributed by atoms with Crippen molar-refractivity contribution in [3.8, 4) is 6.07 Å². The van der Waals surface area contributed by atoms with Crippen LogP contribution in [-0.2, 0) is 22.4 Å². The Kier molecular flexibility index (Phi) is 4.66. The number of carbonyl (C=O) groups is 1. The summed E-state index contributed by atoms with van der Waals surface area (Å²) in [6.07, 6.45) is 2.20. The Morgan fingerprint density at radius 3 is 2.60 bits per heavy atom. The predicted molar refractivity (Wildman–Crippen MR) is 93.2 cm³/mol. The Hall–Kier alpha value is -2.19. The molecule has 1 aromatic carbocycles. The first-order chi connectivity index (χ1) is 11.9. The van der Waals surface area contributed by atoms with Gasteiger partial charge in [-0.05, 0) is 37.3 Å². The lowest BCUT2D eigenvalue weighted by Crippen LogP contribution is -2.44. The largest absolute Gasteiger partial charge is 0.378 e. The number of hydrogen-bond acceptors (Lipinski definition) is 4. The number of nitriles is 1. The van der Waals surface area contributed by atoms with Crippen LogP contribution < -0.4 is 0 Å². The molecule has 1 fully saturated rings. The molecule has 1 heterocycles. The van der Waals surface area contributed by atoms with Crippen molar-refractivity contribution in [1.82, 2.24) is 4.90 Å². The number of halogens is 1. The second-order valence-corrected chi connectivity index (χ2v) is 7.00.